The van der Waals surface area contributed by atoms with Gasteiger partial charge >= 0.3 is 0 Å². The van der Waals surface area contributed by atoms with Gasteiger partial charge in [0.15, 0.2) is 6.17 Å². The maximum Gasteiger partial charge on any atom is 0.169 e. The van der Waals surface area contributed by atoms with Gasteiger partial charge in [-0.2, -0.15) is 0 Å². The second-order valence-corrected chi connectivity index (χ2v) is 11.4. The van der Waals surface area contributed by atoms with E-state index in [-0.39, 0.29) is 0 Å². The number of hydrogen-bond acceptors (Lipinski definition) is 4. The zero-order valence-electron chi connectivity index (χ0n) is 24.3. The predicted molar refractivity (Wildman–Crippen MR) is 186 cm³/mol. The van der Waals surface area contributed by atoms with E-state index in [1.807, 2.05) is 36.4 Å². The molecule has 8 aromatic rings. The van der Waals surface area contributed by atoms with Gasteiger partial charge in [-0.3, -0.25) is 0 Å². The van der Waals surface area contributed by atoms with E-state index < -0.39 is 6.17 Å². The number of furan rings is 1. The second kappa shape index (κ2) is 10.3. The molecule has 0 saturated carbocycles. The molecule has 1 unspecified atom stereocenters. The molecule has 0 aliphatic carbocycles. The lowest BCUT2D eigenvalue weighted by molar-refractivity contribution is 0.669. The molecule has 0 saturated heterocycles. The third kappa shape index (κ3) is 4.38. The van der Waals surface area contributed by atoms with Crippen LogP contribution in [-0.2, 0) is 0 Å². The number of para-hydroxylation sites is 1. The Hall–Kier alpha value is -6.00. The molecule has 1 aromatic heterocycles. The van der Waals surface area contributed by atoms with Gasteiger partial charge in [0.1, 0.15) is 22.8 Å². The lowest BCUT2D eigenvalue weighted by Crippen LogP contribution is -2.36. The highest BCUT2D eigenvalue weighted by atomic mass is 16.3. The molecule has 0 radical (unpaired) electrons. The van der Waals surface area contributed by atoms with E-state index in [1.54, 1.807) is 0 Å². The van der Waals surface area contributed by atoms with Gasteiger partial charge in [-0.15, -0.1) is 0 Å². The summed E-state index contributed by atoms with van der Waals surface area (Å²) in [6.45, 7) is 0. The molecule has 0 spiro atoms. The van der Waals surface area contributed by atoms with E-state index in [2.05, 4.69) is 121 Å². The highest BCUT2D eigenvalue weighted by Gasteiger charge is 2.24. The van der Waals surface area contributed by atoms with E-state index in [0.29, 0.717) is 0 Å². The molecule has 4 heteroatoms. The molecule has 1 N–H and O–H groups in total. The van der Waals surface area contributed by atoms with Crippen LogP contribution in [0, 0.1) is 0 Å². The topological polar surface area (TPSA) is 49.9 Å². The molecule has 4 nitrogen and oxygen atoms in total. The van der Waals surface area contributed by atoms with Crippen molar-refractivity contribution in [1.29, 1.82) is 0 Å². The average Bonchev–Trinajstić information content (AvgIpc) is 3.50. The lowest BCUT2D eigenvalue weighted by Gasteiger charge is -2.23. The quantitative estimate of drug-likeness (QED) is 0.212. The molecule has 0 fully saturated rings. The van der Waals surface area contributed by atoms with Crippen molar-refractivity contribution < 1.29 is 4.42 Å². The lowest BCUT2D eigenvalue weighted by atomic mass is 9.97. The summed E-state index contributed by atoms with van der Waals surface area (Å²) >= 11 is 0. The van der Waals surface area contributed by atoms with Gasteiger partial charge in [0, 0.05) is 21.9 Å². The van der Waals surface area contributed by atoms with E-state index >= 15 is 0 Å². The van der Waals surface area contributed by atoms with Crippen LogP contribution >= 0.6 is 0 Å². The number of amidine groups is 2. The number of nitrogens with one attached hydrogen (secondary N) is 1. The number of fused-ring (bicyclic) bond motifs is 6. The molecule has 7 aromatic carbocycles. The average molecular weight is 578 g/mol. The summed E-state index contributed by atoms with van der Waals surface area (Å²) in [5.41, 5.74) is 6.90. The van der Waals surface area contributed by atoms with Crippen LogP contribution in [0.3, 0.4) is 0 Å². The third-order valence-corrected chi connectivity index (χ3v) is 8.70. The van der Waals surface area contributed by atoms with Crippen molar-refractivity contribution in [2.45, 2.75) is 6.17 Å². The molecular formula is C41H27N3O. The maximum atomic E-state index is 6.45. The Balaban J connectivity index is 1.29. The Morgan fingerprint density at radius 2 is 1.11 bits per heavy atom. The van der Waals surface area contributed by atoms with Crippen LogP contribution in [0.4, 0.5) is 0 Å². The van der Waals surface area contributed by atoms with Crippen molar-refractivity contribution in [3.05, 3.63) is 168 Å². The largest absolute Gasteiger partial charge is 0.456 e. The van der Waals surface area contributed by atoms with Crippen molar-refractivity contribution in [1.82, 2.24) is 5.32 Å². The van der Waals surface area contributed by atoms with E-state index in [0.717, 1.165) is 61.4 Å². The van der Waals surface area contributed by atoms with Crippen molar-refractivity contribution in [2.75, 3.05) is 0 Å². The summed E-state index contributed by atoms with van der Waals surface area (Å²) < 4.78 is 6.45. The molecule has 45 heavy (non-hydrogen) atoms. The van der Waals surface area contributed by atoms with Gasteiger partial charge in [-0.05, 0) is 62.5 Å². The summed E-state index contributed by atoms with van der Waals surface area (Å²) in [5.74, 6) is 1.55. The first-order valence-electron chi connectivity index (χ1n) is 15.2. The zero-order chi connectivity index (χ0) is 29.7. The Bertz CT molecular complexity index is 2460. The minimum absolute atomic E-state index is 0.437. The molecule has 2 heterocycles. The summed E-state index contributed by atoms with van der Waals surface area (Å²) in [6.07, 6.45) is -0.437. The number of aliphatic imine (C=N–C) groups is 2. The van der Waals surface area contributed by atoms with Crippen LogP contribution in [-0.4, -0.2) is 11.7 Å². The number of hydrogen-bond donors (Lipinski definition) is 1. The molecule has 1 aliphatic heterocycles. The fourth-order valence-corrected chi connectivity index (χ4v) is 6.50. The Labute approximate surface area is 260 Å². The monoisotopic (exact) mass is 577 g/mol. The SMILES string of the molecule is c1ccc(C2=NC(c3ccc4ccc5ccccc5c4c3)N=C(c3cc(-c4ccccc4)cc4oc5ccccc5c34)N2)cc1. The minimum Gasteiger partial charge on any atom is -0.456 e. The van der Waals surface area contributed by atoms with Gasteiger partial charge in [-0.1, -0.05) is 127 Å². The van der Waals surface area contributed by atoms with Gasteiger partial charge in [0.25, 0.3) is 0 Å². The molecule has 0 amide bonds. The maximum absolute atomic E-state index is 6.45. The predicted octanol–water partition coefficient (Wildman–Crippen LogP) is 10.1. The van der Waals surface area contributed by atoms with Gasteiger partial charge in [-0.25, -0.2) is 9.98 Å². The Morgan fingerprint density at radius 1 is 0.467 bits per heavy atom. The zero-order valence-corrected chi connectivity index (χ0v) is 24.3. The third-order valence-electron chi connectivity index (χ3n) is 8.70. The summed E-state index contributed by atoms with van der Waals surface area (Å²) in [4.78, 5) is 10.5. The first-order valence-corrected chi connectivity index (χ1v) is 15.2. The van der Waals surface area contributed by atoms with Gasteiger partial charge in [0.05, 0.1) is 0 Å². The van der Waals surface area contributed by atoms with Crippen LogP contribution in [0.2, 0.25) is 0 Å². The molecule has 212 valence electrons. The number of nitrogens with zero attached hydrogens (tertiary/aromatic N) is 2. The van der Waals surface area contributed by atoms with Crippen LogP contribution in [0.15, 0.2) is 166 Å². The fourth-order valence-electron chi connectivity index (χ4n) is 6.50. The summed E-state index contributed by atoms with van der Waals surface area (Å²) in [5, 5.41) is 10.6. The molecule has 1 atom stereocenters. The standard InChI is InChI=1S/C41H27N3O/c1-3-11-26(12-4-1)31-24-35(38-33-17-9-10-18-36(33)45-37(38)25-31)41-43-39(29-14-5-2-6-15-29)42-40(44-41)30-22-21-28-20-19-27-13-7-8-16-32(27)34(28)23-30/h1-25,40H,(H,42,43,44). The molecule has 1 aliphatic rings. The van der Waals surface area contributed by atoms with Crippen LogP contribution < -0.4 is 5.32 Å². The van der Waals surface area contributed by atoms with Crippen molar-refractivity contribution in [3.63, 3.8) is 0 Å². The number of benzene rings is 7. The first-order chi connectivity index (χ1) is 22.3. The van der Waals surface area contributed by atoms with Crippen LogP contribution in [0.1, 0.15) is 22.9 Å². The summed E-state index contributed by atoms with van der Waals surface area (Å²) in [6, 6.07) is 52.8. The van der Waals surface area contributed by atoms with Gasteiger partial charge < -0.3 is 9.73 Å². The van der Waals surface area contributed by atoms with E-state index in [4.69, 9.17) is 14.4 Å². The highest BCUT2D eigenvalue weighted by molar-refractivity contribution is 6.24. The molecule has 0 bridgehead atoms. The van der Waals surface area contributed by atoms with Crippen LogP contribution in [0.25, 0.3) is 54.6 Å². The van der Waals surface area contributed by atoms with Crippen molar-refractivity contribution >= 4 is 55.2 Å². The number of rotatable bonds is 4. The smallest absolute Gasteiger partial charge is 0.169 e. The Kier molecular flexibility index (Phi) is 5.85. The van der Waals surface area contributed by atoms with E-state index in [1.165, 1.54) is 21.5 Å². The molecule has 9 rings (SSSR count). The highest BCUT2D eigenvalue weighted by Crippen LogP contribution is 2.37. The second-order valence-electron chi connectivity index (χ2n) is 11.4. The Morgan fingerprint density at radius 3 is 1.93 bits per heavy atom. The van der Waals surface area contributed by atoms with Crippen molar-refractivity contribution in [3.8, 4) is 11.1 Å². The fraction of sp³-hybridized carbons (Fsp3) is 0.0244. The van der Waals surface area contributed by atoms with Gasteiger partial charge in [0.2, 0.25) is 0 Å². The van der Waals surface area contributed by atoms with E-state index in [9.17, 15) is 0 Å². The summed E-state index contributed by atoms with van der Waals surface area (Å²) in [7, 11) is 0. The normalized spacial score (nSPS) is 14.9. The van der Waals surface area contributed by atoms with Crippen LogP contribution in [0.5, 0.6) is 0 Å². The van der Waals surface area contributed by atoms with Crippen molar-refractivity contribution in [2.24, 2.45) is 9.98 Å². The molecular weight excluding hydrogens is 550 g/mol. The minimum atomic E-state index is -0.437. The first kappa shape index (κ1) is 25.5.